The highest BCUT2D eigenvalue weighted by molar-refractivity contribution is 6.29. The Bertz CT molecular complexity index is 1260. The summed E-state index contributed by atoms with van der Waals surface area (Å²) in [4.78, 5) is 8.97. The average Bonchev–Trinajstić information content (AvgIpc) is 2.72. The fourth-order valence-corrected chi connectivity index (χ4v) is 3.63. The molecule has 0 atom stereocenters. The van der Waals surface area contributed by atoms with Crippen LogP contribution in [-0.4, -0.2) is 9.97 Å². The van der Waals surface area contributed by atoms with Crippen molar-refractivity contribution in [1.82, 2.24) is 9.97 Å². The van der Waals surface area contributed by atoms with Crippen molar-refractivity contribution >= 4 is 33.3 Å². The number of aromatic nitrogens is 2. The molecule has 0 aliphatic rings. The van der Waals surface area contributed by atoms with E-state index in [-0.39, 0.29) is 5.28 Å². The third-order valence-electron chi connectivity index (χ3n) is 4.80. The third kappa shape index (κ3) is 2.94. The Morgan fingerprint density at radius 1 is 0.556 bits per heavy atom. The van der Waals surface area contributed by atoms with Gasteiger partial charge in [-0.1, -0.05) is 78.9 Å². The van der Waals surface area contributed by atoms with E-state index in [2.05, 4.69) is 70.6 Å². The Morgan fingerprint density at radius 3 is 1.89 bits per heavy atom. The number of fused-ring (bicyclic) bond motifs is 2. The average molecular weight is 367 g/mol. The molecule has 27 heavy (non-hydrogen) atoms. The van der Waals surface area contributed by atoms with Gasteiger partial charge in [-0.05, 0) is 45.6 Å². The maximum atomic E-state index is 6.23. The Hall–Kier alpha value is -3.23. The molecule has 1 aromatic heterocycles. The minimum Gasteiger partial charge on any atom is -0.218 e. The van der Waals surface area contributed by atoms with Crippen molar-refractivity contribution in [3.8, 4) is 22.4 Å². The van der Waals surface area contributed by atoms with E-state index in [0.717, 1.165) is 32.9 Å². The van der Waals surface area contributed by atoms with Gasteiger partial charge in [0.15, 0.2) is 0 Å². The summed E-state index contributed by atoms with van der Waals surface area (Å²) < 4.78 is 0. The summed E-state index contributed by atoms with van der Waals surface area (Å²) in [6.07, 6.45) is 0. The van der Waals surface area contributed by atoms with E-state index in [1.807, 2.05) is 30.3 Å². The minimum absolute atomic E-state index is 0.264. The van der Waals surface area contributed by atoms with Crippen LogP contribution in [-0.2, 0) is 0 Å². The molecule has 0 unspecified atom stereocenters. The van der Waals surface area contributed by atoms with Crippen LogP contribution in [0, 0.1) is 0 Å². The van der Waals surface area contributed by atoms with Crippen molar-refractivity contribution in [3.05, 3.63) is 96.3 Å². The van der Waals surface area contributed by atoms with Gasteiger partial charge in [0.2, 0.25) is 5.28 Å². The molecule has 0 radical (unpaired) electrons. The van der Waals surface area contributed by atoms with E-state index in [0.29, 0.717) is 0 Å². The van der Waals surface area contributed by atoms with Crippen LogP contribution in [0.4, 0.5) is 0 Å². The molecule has 0 amide bonds. The lowest BCUT2D eigenvalue weighted by molar-refractivity contribution is 1.23. The van der Waals surface area contributed by atoms with Crippen LogP contribution in [0.15, 0.2) is 91.0 Å². The van der Waals surface area contributed by atoms with Crippen LogP contribution in [0.3, 0.4) is 0 Å². The number of halogens is 1. The van der Waals surface area contributed by atoms with Gasteiger partial charge in [-0.25, -0.2) is 9.97 Å². The minimum atomic E-state index is 0.264. The van der Waals surface area contributed by atoms with Gasteiger partial charge in [0, 0.05) is 10.9 Å². The van der Waals surface area contributed by atoms with Crippen LogP contribution >= 0.6 is 11.6 Å². The Kier molecular flexibility index (Phi) is 3.84. The first-order chi connectivity index (χ1) is 13.3. The molecule has 0 aliphatic carbocycles. The van der Waals surface area contributed by atoms with E-state index in [9.17, 15) is 0 Å². The highest BCUT2D eigenvalue weighted by Gasteiger charge is 2.11. The SMILES string of the molecule is Clc1nc(-c2ccc(-c3ccccc3)cc2)c2cc3ccccc3cc2n1. The highest BCUT2D eigenvalue weighted by atomic mass is 35.5. The van der Waals surface area contributed by atoms with Crippen LogP contribution in [0.5, 0.6) is 0 Å². The van der Waals surface area contributed by atoms with Crippen LogP contribution in [0.2, 0.25) is 5.28 Å². The number of hydrogen-bond donors (Lipinski definition) is 0. The lowest BCUT2D eigenvalue weighted by Crippen LogP contribution is -1.92. The van der Waals surface area contributed by atoms with Crippen molar-refractivity contribution in [3.63, 3.8) is 0 Å². The van der Waals surface area contributed by atoms with Gasteiger partial charge >= 0.3 is 0 Å². The van der Waals surface area contributed by atoms with Gasteiger partial charge < -0.3 is 0 Å². The molecule has 0 aliphatic heterocycles. The maximum absolute atomic E-state index is 6.23. The van der Waals surface area contributed by atoms with Gasteiger partial charge in [-0.3, -0.25) is 0 Å². The first kappa shape index (κ1) is 16.0. The van der Waals surface area contributed by atoms with Gasteiger partial charge in [-0.15, -0.1) is 0 Å². The smallest absolute Gasteiger partial charge is 0.218 e. The molecule has 5 rings (SSSR count). The van der Waals surface area contributed by atoms with Gasteiger partial charge in [0.25, 0.3) is 0 Å². The van der Waals surface area contributed by atoms with E-state index in [4.69, 9.17) is 11.6 Å². The number of hydrogen-bond acceptors (Lipinski definition) is 2. The Labute approximate surface area is 162 Å². The second-order valence-electron chi connectivity index (χ2n) is 6.50. The predicted octanol–water partition coefficient (Wildman–Crippen LogP) is 6.77. The van der Waals surface area contributed by atoms with Crippen molar-refractivity contribution in [1.29, 1.82) is 0 Å². The standard InChI is InChI=1S/C24H15ClN2/c25-24-26-22-15-20-9-5-4-8-19(20)14-21(22)23(27-24)18-12-10-17(11-13-18)16-6-2-1-3-7-16/h1-15H. The molecular formula is C24H15ClN2. The largest absolute Gasteiger partial charge is 0.223 e. The van der Waals surface area contributed by atoms with Gasteiger partial charge in [0.1, 0.15) is 0 Å². The molecule has 0 bridgehead atoms. The Morgan fingerprint density at radius 2 is 1.15 bits per heavy atom. The van der Waals surface area contributed by atoms with Crippen LogP contribution in [0.1, 0.15) is 0 Å². The lowest BCUT2D eigenvalue weighted by atomic mass is 10.00. The first-order valence-electron chi connectivity index (χ1n) is 8.80. The summed E-state index contributed by atoms with van der Waals surface area (Å²) in [6, 6.07) is 31.2. The number of benzene rings is 4. The second-order valence-corrected chi connectivity index (χ2v) is 6.84. The topological polar surface area (TPSA) is 25.8 Å². The van der Waals surface area contributed by atoms with E-state index >= 15 is 0 Å². The molecule has 0 saturated heterocycles. The number of nitrogens with zero attached hydrogens (tertiary/aromatic N) is 2. The molecule has 0 saturated carbocycles. The molecule has 3 heteroatoms. The molecule has 1 heterocycles. The van der Waals surface area contributed by atoms with E-state index in [1.54, 1.807) is 0 Å². The van der Waals surface area contributed by atoms with Crippen molar-refractivity contribution in [2.75, 3.05) is 0 Å². The summed E-state index contributed by atoms with van der Waals surface area (Å²) >= 11 is 6.23. The summed E-state index contributed by atoms with van der Waals surface area (Å²) in [5, 5.41) is 3.58. The van der Waals surface area contributed by atoms with Crippen LogP contribution in [0.25, 0.3) is 44.1 Å². The Balaban J connectivity index is 1.69. The van der Waals surface area contributed by atoms with Crippen molar-refractivity contribution in [2.45, 2.75) is 0 Å². The molecule has 0 spiro atoms. The molecule has 128 valence electrons. The molecule has 2 nitrogen and oxygen atoms in total. The quantitative estimate of drug-likeness (QED) is 0.254. The maximum Gasteiger partial charge on any atom is 0.223 e. The van der Waals surface area contributed by atoms with Gasteiger partial charge in [0.05, 0.1) is 11.2 Å². The lowest BCUT2D eigenvalue weighted by Gasteiger charge is -2.09. The summed E-state index contributed by atoms with van der Waals surface area (Å²) in [6.45, 7) is 0. The highest BCUT2D eigenvalue weighted by Crippen LogP contribution is 2.32. The second kappa shape index (κ2) is 6.49. The normalized spacial score (nSPS) is 11.1. The summed E-state index contributed by atoms with van der Waals surface area (Å²) in [5.41, 5.74) is 5.11. The van der Waals surface area contributed by atoms with E-state index in [1.165, 1.54) is 11.1 Å². The molecule has 0 fully saturated rings. The van der Waals surface area contributed by atoms with Crippen LogP contribution < -0.4 is 0 Å². The van der Waals surface area contributed by atoms with Crippen molar-refractivity contribution < 1.29 is 0 Å². The van der Waals surface area contributed by atoms with E-state index < -0.39 is 0 Å². The number of rotatable bonds is 2. The zero-order valence-corrected chi connectivity index (χ0v) is 15.2. The summed E-state index contributed by atoms with van der Waals surface area (Å²) in [7, 11) is 0. The first-order valence-corrected chi connectivity index (χ1v) is 9.18. The molecular weight excluding hydrogens is 352 g/mol. The van der Waals surface area contributed by atoms with Gasteiger partial charge in [-0.2, -0.15) is 0 Å². The molecule has 4 aromatic carbocycles. The zero-order chi connectivity index (χ0) is 18.2. The monoisotopic (exact) mass is 366 g/mol. The molecule has 0 N–H and O–H groups in total. The fourth-order valence-electron chi connectivity index (χ4n) is 3.46. The summed E-state index contributed by atoms with van der Waals surface area (Å²) in [5.74, 6) is 0. The third-order valence-corrected chi connectivity index (χ3v) is 4.97. The zero-order valence-electron chi connectivity index (χ0n) is 14.4. The molecule has 5 aromatic rings. The van der Waals surface area contributed by atoms with Crippen molar-refractivity contribution in [2.24, 2.45) is 0 Å². The fraction of sp³-hybridized carbons (Fsp3) is 0. The predicted molar refractivity (Wildman–Crippen MR) is 113 cm³/mol.